The van der Waals surface area contributed by atoms with Gasteiger partial charge < -0.3 is 10.1 Å². The maximum absolute atomic E-state index is 5.33. The first-order chi connectivity index (χ1) is 8.79. The van der Waals surface area contributed by atoms with Gasteiger partial charge in [-0.15, -0.1) is 0 Å². The summed E-state index contributed by atoms with van der Waals surface area (Å²) < 4.78 is 6.39. The third-order valence-electron chi connectivity index (χ3n) is 2.61. The Bertz CT molecular complexity index is 502. The number of rotatable bonds is 5. The molecule has 2 aromatic rings. The number of aromatic nitrogens is 1. The third-order valence-corrected chi connectivity index (χ3v) is 3.10. The first-order valence-corrected chi connectivity index (χ1v) is 6.51. The van der Waals surface area contributed by atoms with Crippen LogP contribution in [0.2, 0.25) is 0 Å². The van der Waals surface area contributed by atoms with E-state index in [4.69, 9.17) is 4.74 Å². The van der Waals surface area contributed by atoms with Crippen molar-refractivity contribution >= 4 is 15.9 Å². The van der Waals surface area contributed by atoms with Crippen molar-refractivity contribution in [3.05, 3.63) is 58.3 Å². The molecule has 2 rings (SSSR count). The van der Waals surface area contributed by atoms with E-state index in [9.17, 15) is 0 Å². The molecule has 94 valence electrons. The predicted molar refractivity (Wildman–Crippen MR) is 75.5 cm³/mol. The molecule has 0 fully saturated rings. The molecule has 0 radical (unpaired) electrons. The quantitative estimate of drug-likeness (QED) is 0.921. The lowest BCUT2D eigenvalue weighted by Crippen LogP contribution is -2.13. The second kappa shape index (κ2) is 6.52. The highest BCUT2D eigenvalue weighted by atomic mass is 79.9. The van der Waals surface area contributed by atoms with Gasteiger partial charge in [0.05, 0.1) is 7.11 Å². The average Bonchev–Trinajstić information content (AvgIpc) is 2.40. The number of pyridine rings is 1. The number of hydrogen-bond acceptors (Lipinski definition) is 3. The number of nitrogens with one attached hydrogen (secondary N) is 1. The van der Waals surface area contributed by atoms with E-state index in [1.807, 2.05) is 24.4 Å². The van der Waals surface area contributed by atoms with E-state index in [-0.39, 0.29) is 0 Å². The Labute approximate surface area is 115 Å². The molecule has 1 aromatic carbocycles. The SMILES string of the molecule is COc1ccc(Br)cc1CNCc1cccnc1. The van der Waals surface area contributed by atoms with Gasteiger partial charge in [0.25, 0.3) is 0 Å². The number of hydrogen-bond donors (Lipinski definition) is 1. The minimum atomic E-state index is 0.761. The molecule has 3 nitrogen and oxygen atoms in total. The summed E-state index contributed by atoms with van der Waals surface area (Å²) >= 11 is 3.47. The van der Waals surface area contributed by atoms with Crippen LogP contribution in [0.25, 0.3) is 0 Å². The lowest BCUT2D eigenvalue weighted by molar-refractivity contribution is 0.407. The van der Waals surface area contributed by atoms with E-state index >= 15 is 0 Å². The molecule has 0 atom stereocenters. The fraction of sp³-hybridized carbons (Fsp3) is 0.214. The van der Waals surface area contributed by atoms with Gasteiger partial charge in [-0.1, -0.05) is 22.0 Å². The molecule has 0 saturated heterocycles. The van der Waals surface area contributed by atoms with Crippen LogP contribution in [0.4, 0.5) is 0 Å². The Morgan fingerprint density at radius 1 is 1.28 bits per heavy atom. The molecule has 1 aromatic heterocycles. The van der Waals surface area contributed by atoms with Crippen LogP contribution >= 0.6 is 15.9 Å². The Morgan fingerprint density at radius 3 is 2.89 bits per heavy atom. The van der Waals surface area contributed by atoms with Crippen molar-refractivity contribution in [3.8, 4) is 5.75 Å². The molecule has 0 aliphatic heterocycles. The zero-order valence-corrected chi connectivity index (χ0v) is 11.8. The van der Waals surface area contributed by atoms with Gasteiger partial charge in [-0.3, -0.25) is 4.98 Å². The summed E-state index contributed by atoms with van der Waals surface area (Å²) in [5.74, 6) is 0.900. The maximum Gasteiger partial charge on any atom is 0.123 e. The van der Waals surface area contributed by atoms with Crippen LogP contribution in [-0.4, -0.2) is 12.1 Å². The number of halogens is 1. The zero-order valence-electron chi connectivity index (χ0n) is 10.2. The molecule has 0 bridgehead atoms. The summed E-state index contributed by atoms with van der Waals surface area (Å²) in [7, 11) is 1.69. The van der Waals surface area contributed by atoms with Gasteiger partial charge in [0.15, 0.2) is 0 Å². The van der Waals surface area contributed by atoms with Crippen molar-refractivity contribution < 1.29 is 4.74 Å². The summed E-state index contributed by atoms with van der Waals surface area (Å²) in [6.07, 6.45) is 3.64. The van der Waals surface area contributed by atoms with Gasteiger partial charge in [-0.25, -0.2) is 0 Å². The van der Waals surface area contributed by atoms with E-state index in [2.05, 4.69) is 38.4 Å². The van der Waals surface area contributed by atoms with Gasteiger partial charge in [0.1, 0.15) is 5.75 Å². The minimum Gasteiger partial charge on any atom is -0.496 e. The van der Waals surface area contributed by atoms with Gasteiger partial charge in [-0.05, 0) is 29.8 Å². The summed E-state index contributed by atoms with van der Waals surface area (Å²) in [5.41, 5.74) is 2.31. The Morgan fingerprint density at radius 2 is 2.17 bits per heavy atom. The smallest absolute Gasteiger partial charge is 0.123 e. The average molecular weight is 307 g/mol. The van der Waals surface area contributed by atoms with Crippen molar-refractivity contribution in [3.63, 3.8) is 0 Å². The monoisotopic (exact) mass is 306 g/mol. The van der Waals surface area contributed by atoms with Crippen LogP contribution in [-0.2, 0) is 13.1 Å². The molecular formula is C14H15BrN2O. The molecule has 0 spiro atoms. The third kappa shape index (κ3) is 3.55. The first-order valence-electron chi connectivity index (χ1n) is 5.71. The fourth-order valence-corrected chi connectivity index (χ4v) is 2.14. The van der Waals surface area contributed by atoms with Crippen molar-refractivity contribution in [2.24, 2.45) is 0 Å². The van der Waals surface area contributed by atoms with Crippen molar-refractivity contribution in [2.75, 3.05) is 7.11 Å². The van der Waals surface area contributed by atoms with Crippen molar-refractivity contribution in [2.45, 2.75) is 13.1 Å². The van der Waals surface area contributed by atoms with Gasteiger partial charge in [0, 0.05) is 35.5 Å². The Balaban J connectivity index is 1.96. The highest BCUT2D eigenvalue weighted by Gasteiger charge is 2.03. The van der Waals surface area contributed by atoms with E-state index < -0.39 is 0 Å². The zero-order chi connectivity index (χ0) is 12.8. The minimum absolute atomic E-state index is 0.761. The second-order valence-electron chi connectivity index (χ2n) is 3.92. The van der Waals surface area contributed by atoms with E-state index in [1.165, 1.54) is 5.56 Å². The van der Waals surface area contributed by atoms with Crippen molar-refractivity contribution in [1.82, 2.24) is 10.3 Å². The van der Waals surface area contributed by atoms with Crippen LogP contribution in [0.1, 0.15) is 11.1 Å². The number of methoxy groups -OCH3 is 1. The summed E-state index contributed by atoms with van der Waals surface area (Å²) in [6, 6.07) is 10.00. The van der Waals surface area contributed by atoms with Crippen LogP contribution in [0, 0.1) is 0 Å². The number of nitrogens with zero attached hydrogens (tertiary/aromatic N) is 1. The normalized spacial score (nSPS) is 10.3. The summed E-state index contributed by atoms with van der Waals surface area (Å²) in [6.45, 7) is 1.56. The Kier molecular flexibility index (Phi) is 4.73. The molecule has 4 heteroatoms. The number of ether oxygens (including phenoxy) is 1. The largest absolute Gasteiger partial charge is 0.496 e. The highest BCUT2D eigenvalue weighted by molar-refractivity contribution is 9.10. The molecule has 0 saturated carbocycles. The van der Waals surface area contributed by atoms with Gasteiger partial charge in [-0.2, -0.15) is 0 Å². The molecule has 18 heavy (non-hydrogen) atoms. The van der Waals surface area contributed by atoms with Crippen LogP contribution < -0.4 is 10.1 Å². The fourth-order valence-electron chi connectivity index (χ4n) is 1.73. The molecule has 0 unspecified atom stereocenters. The van der Waals surface area contributed by atoms with Crippen molar-refractivity contribution in [1.29, 1.82) is 0 Å². The summed E-state index contributed by atoms with van der Waals surface area (Å²) in [4.78, 5) is 4.09. The van der Waals surface area contributed by atoms with Crippen LogP contribution in [0.15, 0.2) is 47.2 Å². The van der Waals surface area contributed by atoms with Crippen LogP contribution in [0.5, 0.6) is 5.75 Å². The second-order valence-corrected chi connectivity index (χ2v) is 4.84. The standard InChI is InChI=1S/C14H15BrN2O/c1-18-14-5-4-13(15)7-12(14)10-17-9-11-3-2-6-16-8-11/h2-8,17H,9-10H2,1H3. The number of benzene rings is 1. The lowest BCUT2D eigenvalue weighted by Gasteiger charge is -2.10. The van der Waals surface area contributed by atoms with E-state index in [1.54, 1.807) is 13.3 Å². The topological polar surface area (TPSA) is 34.1 Å². The molecular weight excluding hydrogens is 292 g/mol. The van der Waals surface area contributed by atoms with Crippen LogP contribution in [0.3, 0.4) is 0 Å². The molecule has 0 amide bonds. The molecule has 0 aliphatic rings. The Hall–Kier alpha value is -1.39. The summed E-state index contributed by atoms with van der Waals surface area (Å²) in [5, 5.41) is 3.38. The highest BCUT2D eigenvalue weighted by Crippen LogP contribution is 2.22. The molecule has 1 heterocycles. The van der Waals surface area contributed by atoms with E-state index in [0.717, 1.165) is 28.9 Å². The maximum atomic E-state index is 5.33. The lowest BCUT2D eigenvalue weighted by atomic mass is 10.2. The molecule has 0 aliphatic carbocycles. The predicted octanol–water partition coefficient (Wildman–Crippen LogP) is 3.14. The molecule has 1 N–H and O–H groups in total. The first kappa shape index (κ1) is 13.1. The van der Waals surface area contributed by atoms with Gasteiger partial charge >= 0.3 is 0 Å². The van der Waals surface area contributed by atoms with Gasteiger partial charge in [0.2, 0.25) is 0 Å². The van der Waals surface area contributed by atoms with E-state index in [0.29, 0.717) is 0 Å².